The molecule has 0 fully saturated rings. The SMILES string of the molecule is Cc1nc2ccc(F)cc2c(=O)n1N=Cc1ccc([N+](=O)[O-])cc1. The van der Waals surface area contributed by atoms with Crippen LogP contribution in [0, 0.1) is 22.9 Å². The van der Waals surface area contributed by atoms with Crippen molar-refractivity contribution >= 4 is 22.8 Å². The van der Waals surface area contributed by atoms with Crippen LogP contribution in [0.4, 0.5) is 10.1 Å². The fraction of sp³-hybridized carbons (Fsp3) is 0.0625. The summed E-state index contributed by atoms with van der Waals surface area (Å²) in [7, 11) is 0. The van der Waals surface area contributed by atoms with Crippen LogP contribution in [0.15, 0.2) is 52.4 Å². The van der Waals surface area contributed by atoms with E-state index in [1.165, 1.54) is 42.6 Å². The van der Waals surface area contributed by atoms with Crippen molar-refractivity contribution in [2.75, 3.05) is 0 Å². The topological polar surface area (TPSA) is 90.4 Å². The molecular weight excluding hydrogens is 315 g/mol. The van der Waals surface area contributed by atoms with E-state index in [9.17, 15) is 19.3 Å². The van der Waals surface area contributed by atoms with E-state index in [0.717, 1.165) is 10.7 Å². The number of nitrogens with zero attached hydrogens (tertiary/aromatic N) is 4. The van der Waals surface area contributed by atoms with Crippen LogP contribution in [0.3, 0.4) is 0 Å². The summed E-state index contributed by atoms with van der Waals surface area (Å²) in [5, 5.41) is 14.8. The van der Waals surface area contributed by atoms with E-state index in [1.807, 2.05) is 0 Å². The van der Waals surface area contributed by atoms with Gasteiger partial charge < -0.3 is 0 Å². The first-order valence-electron chi connectivity index (χ1n) is 6.93. The van der Waals surface area contributed by atoms with Crippen LogP contribution in [0.25, 0.3) is 10.9 Å². The van der Waals surface area contributed by atoms with Crippen LogP contribution in [0.1, 0.15) is 11.4 Å². The fourth-order valence-corrected chi connectivity index (χ4v) is 2.20. The minimum Gasteiger partial charge on any atom is -0.267 e. The molecule has 24 heavy (non-hydrogen) atoms. The Morgan fingerprint density at radius 1 is 1.25 bits per heavy atom. The Bertz CT molecular complexity index is 1030. The highest BCUT2D eigenvalue weighted by atomic mass is 19.1. The number of benzene rings is 2. The Morgan fingerprint density at radius 2 is 1.96 bits per heavy atom. The Morgan fingerprint density at radius 3 is 2.62 bits per heavy atom. The van der Waals surface area contributed by atoms with Crippen molar-refractivity contribution in [2.24, 2.45) is 5.10 Å². The third-order valence-corrected chi connectivity index (χ3v) is 3.40. The van der Waals surface area contributed by atoms with Crippen molar-refractivity contribution in [3.05, 3.63) is 80.1 Å². The zero-order chi connectivity index (χ0) is 17.3. The molecule has 0 bridgehead atoms. The largest absolute Gasteiger partial charge is 0.282 e. The molecule has 0 atom stereocenters. The van der Waals surface area contributed by atoms with E-state index < -0.39 is 16.3 Å². The standard InChI is InChI=1S/C16H11FN4O3/c1-10-19-15-7-4-12(17)8-14(15)16(22)20(10)18-9-11-2-5-13(6-3-11)21(23)24/h2-9H,1H3. The average molecular weight is 326 g/mol. The maximum Gasteiger partial charge on any atom is 0.282 e. The minimum absolute atomic E-state index is 0.0386. The highest BCUT2D eigenvalue weighted by molar-refractivity contribution is 5.80. The molecule has 120 valence electrons. The number of non-ortho nitro benzene ring substituents is 1. The van der Waals surface area contributed by atoms with Gasteiger partial charge in [-0.25, -0.2) is 9.37 Å². The van der Waals surface area contributed by atoms with E-state index in [0.29, 0.717) is 16.9 Å². The van der Waals surface area contributed by atoms with Crippen LogP contribution in [-0.4, -0.2) is 20.8 Å². The second kappa shape index (κ2) is 5.99. The quantitative estimate of drug-likeness (QED) is 0.420. The summed E-state index contributed by atoms with van der Waals surface area (Å²) in [4.78, 5) is 26.8. The molecule has 0 aliphatic heterocycles. The van der Waals surface area contributed by atoms with Gasteiger partial charge in [0.1, 0.15) is 11.6 Å². The number of rotatable bonds is 3. The summed E-state index contributed by atoms with van der Waals surface area (Å²) < 4.78 is 14.4. The Kier molecular flexibility index (Phi) is 3.87. The Balaban J connectivity index is 2.03. The molecule has 8 heteroatoms. The highest BCUT2D eigenvalue weighted by Gasteiger charge is 2.08. The van der Waals surface area contributed by atoms with Crippen molar-refractivity contribution in [2.45, 2.75) is 6.92 Å². The van der Waals surface area contributed by atoms with Crippen molar-refractivity contribution in [3.8, 4) is 0 Å². The van der Waals surface area contributed by atoms with Gasteiger partial charge in [-0.15, -0.1) is 0 Å². The normalized spacial score (nSPS) is 11.2. The number of nitro benzene ring substituents is 1. The molecule has 2 aromatic carbocycles. The lowest BCUT2D eigenvalue weighted by atomic mass is 10.2. The predicted molar refractivity (Wildman–Crippen MR) is 86.8 cm³/mol. The van der Waals surface area contributed by atoms with Crippen molar-refractivity contribution in [1.29, 1.82) is 0 Å². The minimum atomic E-state index is -0.531. The van der Waals surface area contributed by atoms with Gasteiger partial charge in [-0.1, -0.05) is 0 Å². The molecule has 1 aromatic heterocycles. The van der Waals surface area contributed by atoms with Gasteiger partial charge in [-0.05, 0) is 42.8 Å². The summed E-state index contributed by atoms with van der Waals surface area (Å²) >= 11 is 0. The molecule has 0 aliphatic rings. The van der Waals surface area contributed by atoms with E-state index in [2.05, 4.69) is 10.1 Å². The molecule has 0 aliphatic carbocycles. The number of aryl methyl sites for hydroxylation is 1. The summed E-state index contributed by atoms with van der Waals surface area (Å²) in [6.07, 6.45) is 1.38. The first-order chi connectivity index (χ1) is 11.5. The number of halogens is 1. The second-order valence-electron chi connectivity index (χ2n) is 5.03. The highest BCUT2D eigenvalue weighted by Crippen LogP contribution is 2.12. The molecule has 0 amide bonds. The number of fused-ring (bicyclic) bond motifs is 1. The van der Waals surface area contributed by atoms with Gasteiger partial charge in [-0.3, -0.25) is 14.9 Å². The maximum absolute atomic E-state index is 13.3. The zero-order valence-corrected chi connectivity index (χ0v) is 12.5. The van der Waals surface area contributed by atoms with Gasteiger partial charge in [0.05, 0.1) is 22.0 Å². The van der Waals surface area contributed by atoms with Crippen molar-refractivity contribution in [1.82, 2.24) is 9.66 Å². The first kappa shape index (κ1) is 15.5. The Labute approximate surface area is 134 Å². The monoisotopic (exact) mass is 326 g/mol. The second-order valence-corrected chi connectivity index (χ2v) is 5.03. The van der Waals surface area contributed by atoms with Crippen molar-refractivity contribution in [3.63, 3.8) is 0 Å². The molecule has 1 heterocycles. The lowest BCUT2D eigenvalue weighted by Crippen LogP contribution is -2.20. The molecule has 7 nitrogen and oxygen atoms in total. The number of hydrogen-bond acceptors (Lipinski definition) is 5. The molecule has 0 radical (unpaired) electrons. The summed E-state index contributed by atoms with van der Waals surface area (Å²) in [6.45, 7) is 1.61. The number of hydrogen-bond donors (Lipinski definition) is 0. The number of nitro groups is 1. The van der Waals surface area contributed by atoms with E-state index in [-0.39, 0.29) is 11.1 Å². The smallest absolute Gasteiger partial charge is 0.267 e. The van der Waals surface area contributed by atoms with Crippen LogP contribution >= 0.6 is 0 Å². The van der Waals surface area contributed by atoms with Crippen LogP contribution in [-0.2, 0) is 0 Å². The molecule has 0 saturated carbocycles. The van der Waals surface area contributed by atoms with Crippen LogP contribution in [0.2, 0.25) is 0 Å². The third kappa shape index (κ3) is 2.89. The zero-order valence-electron chi connectivity index (χ0n) is 12.5. The van der Waals surface area contributed by atoms with Crippen LogP contribution < -0.4 is 5.56 Å². The Hall–Kier alpha value is -3.42. The maximum atomic E-state index is 13.3. The molecule has 3 aromatic rings. The molecule has 0 spiro atoms. The number of aromatic nitrogens is 2. The fourth-order valence-electron chi connectivity index (χ4n) is 2.20. The lowest BCUT2D eigenvalue weighted by molar-refractivity contribution is -0.384. The van der Waals surface area contributed by atoms with Crippen LogP contribution in [0.5, 0.6) is 0 Å². The first-order valence-corrected chi connectivity index (χ1v) is 6.93. The van der Waals surface area contributed by atoms with Gasteiger partial charge in [0, 0.05) is 12.1 Å². The molecular formula is C16H11FN4O3. The average Bonchev–Trinajstić information content (AvgIpc) is 2.56. The molecule has 0 unspecified atom stereocenters. The van der Waals surface area contributed by atoms with Gasteiger partial charge in [0.15, 0.2) is 0 Å². The third-order valence-electron chi connectivity index (χ3n) is 3.40. The molecule has 0 saturated heterocycles. The molecule has 0 N–H and O–H groups in total. The van der Waals surface area contributed by atoms with E-state index in [1.54, 1.807) is 6.92 Å². The summed E-state index contributed by atoms with van der Waals surface area (Å²) in [5.41, 5.74) is 0.436. The van der Waals surface area contributed by atoms with Crippen molar-refractivity contribution < 1.29 is 9.31 Å². The summed E-state index contributed by atoms with van der Waals surface area (Å²) in [6, 6.07) is 9.48. The van der Waals surface area contributed by atoms with Gasteiger partial charge in [-0.2, -0.15) is 9.78 Å². The summed E-state index contributed by atoms with van der Waals surface area (Å²) in [5.74, 6) is -0.187. The molecule has 3 rings (SSSR count). The van der Waals surface area contributed by atoms with E-state index in [4.69, 9.17) is 0 Å². The van der Waals surface area contributed by atoms with E-state index >= 15 is 0 Å². The lowest BCUT2D eigenvalue weighted by Gasteiger charge is -2.05. The van der Waals surface area contributed by atoms with Gasteiger partial charge in [0.2, 0.25) is 0 Å². The predicted octanol–water partition coefficient (Wildman–Crippen LogP) is 2.63. The van der Waals surface area contributed by atoms with Gasteiger partial charge in [0.25, 0.3) is 11.2 Å². The van der Waals surface area contributed by atoms with Gasteiger partial charge >= 0.3 is 0 Å².